The first-order valence-corrected chi connectivity index (χ1v) is 12.6. The predicted molar refractivity (Wildman–Crippen MR) is 129 cm³/mol. The number of carbonyl (C=O) groups excluding carboxylic acids is 1. The number of sulfonamides is 1. The first kappa shape index (κ1) is 23.4. The molecule has 0 saturated heterocycles. The van der Waals surface area contributed by atoms with Crippen molar-refractivity contribution in [2.45, 2.75) is 30.2 Å². The summed E-state index contributed by atoms with van der Waals surface area (Å²) >= 11 is 12.1. The van der Waals surface area contributed by atoms with Crippen molar-refractivity contribution in [1.82, 2.24) is 5.32 Å². The third kappa shape index (κ3) is 5.79. The fourth-order valence-electron chi connectivity index (χ4n) is 3.78. The molecule has 4 rings (SSSR count). The molecule has 1 atom stereocenters. The minimum Gasteiger partial charge on any atom is -0.482 e. The van der Waals surface area contributed by atoms with E-state index < -0.39 is 10.0 Å². The van der Waals surface area contributed by atoms with Crippen molar-refractivity contribution < 1.29 is 17.9 Å². The maximum Gasteiger partial charge on any atom is 0.261 e. The van der Waals surface area contributed by atoms with Crippen LogP contribution in [-0.4, -0.2) is 20.9 Å². The molecule has 2 N–H and O–H groups in total. The summed E-state index contributed by atoms with van der Waals surface area (Å²) in [5.74, 6) is -0.0461. The summed E-state index contributed by atoms with van der Waals surface area (Å²) in [5.41, 5.74) is 2.76. The summed E-state index contributed by atoms with van der Waals surface area (Å²) in [6.45, 7) is -0.229. The highest BCUT2D eigenvalue weighted by atomic mass is 35.5. The zero-order valence-electron chi connectivity index (χ0n) is 17.6. The van der Waals surface area contributed by atoms with E-state index in [-0.39, 0.29) is 34.2 Å². The largest absolute Gasteiger partial charge is 0.482 e. The second-order valence-corrected chi connectivity index (χ2v) is 10.2. The van der Waals surface area contributed by atoms with Crippen LogP contribution in [0.5, 0.6) is 5.75 Å². The standard InChI is InChI=1S/C24H22Cl2N2O4S/c25-17-8-10-18(11-9-17)28-33(30,31)19-12-13-23(21(26)14-19)32-15-24(29)27-22-7-3-5-16-4-1-2-6-20(16)22/h1-2,4,6,8-14,22,28H,3,5,7,15H2,(H,27,29)/t22-/m1/s1. The molecule has 1 aliphatic carbocycles. The third-order valence-electron chi connectivity index (χ3n) is 5.37. The SMILES string of the molecule is O=C(COc1ccc(S(=O)(=O)Nc2ccc(Cl)cc2)cc1Cl)N[C@@H]1CCCc2ccccc21. The van der Waals surface area contributed by atoms with Gasteiger partial charge in [0.25, 0.3) is 15.9 Å². The van der Waals surface area contributed by atoms with Crippen molar-refractivity contribution in [3.8, 4) is 5.75 Å². The molecule has 0 bridgehead atoms. The molecule has 172 valence electrons. The highest BCUT2D eigenvalue weighted by molar-refractivity contribution is 7.92. The number of fused-ring (bicyclic) bond motifs is 1. The van der Waals surface area contributed by atoms with Crippen molar-refractivity contribution in [3.63, 3.8) is 0 Å². The van der Waals surface area contributed by atoms with Crippen LogP contribution in [0.4, 0.5) is 5.69 Å². The van der Waals surface area contributed by atoms with Crippen molar-refractivity contribution in [2.75, 3.05) is 11.3 Å². The van der Waals surface area contributed by atoms with Crippen LogP contribution in [-0.2, 0) is 21.2 Å². The lowest BCUT2D eigenvalue weighted by molar-refractivity contribution is -0.123. The number of amides is 1. The molecule has 33 heavy (non-hydrogen) atoms. The summed E-state index contributed by atoms with van der Waals surface area (Å²) in [4.78, 5) is 12.4. The van der Waals surface area contributed by atoms with Gasteiger partial charge in [-0.15, -0.1) is 0 Å². The Morgan fingerprint density at radius 3 is 2.55 bits per heavy atom. The highest BCUT2D eigenvalue weighted by Gasteiger charge is 2.22. The average Bonchev–Trinajstić information content (AvgIpc) is 2.80. The molecule has 3 aromatic carbocycles. The Labute approximate surface area is 202 Å². The molecule has 0 aromatic heterocycles. The van der Waals surface area contributed by atoms with Gasteiger partial charge in [0.15, 0.2) is 6.61 Å². The minimum absolute atomic E-state index is 0.0296. The Hall–Kier alpha value is -2.74. The summed E-state index contributed by atoms with van der Waals surface area (Å²) in [5, 5.41) is 3.60. The van der Waals surface area contributed by atoms with E-state index in [2.05, 4.69) is 16.1 Å². The number of hydrogen-bond acceptors (Lipinski definition) is 4. The zero-order chi connectivity index (χ0) is 23.4. The van der Waals surface area contributed by atoms with Gasteiger partial charge in [0, 0.05) is 10.7 Å². The quantitative estimate of drug-likeness (QED) is 0.453. The summed E-state index contributed by atoms with van der Waals surface area (Å²) < 4.78 is 33.3. The molecule has 0 saturated carbocycles. The van der Waals surface area contributed by atoms with Gasteiger partial charge < -0.3 is 10.1 Å². The van der Waals surface area contributed by atoms with Gasteiger partial charge in [-0.1, -0.05) is 47.5 Å². The zero-order valence-corrected chi connectivity index (χ0v) is 19.9. The number of rotatable bonds is 7. The number of nitrogens with one attached hydrogen (secondary N) is 2. The van der Waals surface area contributed by atoms with Crippen LogP contribution in [0.1, 0.15) is 30.0 Å². The highest BCUT2D eigenvalue weighted by Crippen LogP contribution is 2.30. The molecule has 0 radical (unpaired) electrons. The maximum absolute atomic E-state index is 12.6. The van der Waals surface area contributed by atoms with Crippen molar-refractivity contribution in [3.05, 3.63) is 87.9 Å². The fourth-order valence-corrected chi connectivity index (χ4v) is 5.29. The lowest BCUT2D eigenvalue weighted by Crippen LogP contribution is -2.34. The van der Waals surface area contributed by atoms with Crippen LogP contribution < -0.4 is 14.8 Å². The Balaban J connectivity index is 1.37. The molecular weight excluding hydrogens is 483 g/mol. The van der Waals surface area contributed by atoms with E-state index in [9.17, 15) is 13.2 Å². The average molecular weight is 505 g/mol. The van der Waals surface area contributed by atoms with Crippen LogP contribution in [0.3, 0.4) is 0 Å². The molecule has 6 nitrogen and oxygen atoms in total. The van der Waals surface area contributed by atoms with Gasteiger partial charge in [0.1, 0.15) is 5.75 Å². The van der Waals surface area contributed by atoms with E-state index in [1.807, 2.05) is 18.2 Å². The van der Waals surface area contributed by atoms with Gasteiger partial charge in [-0.25, -0.2) is 8.42 Å². The molecule has 0 spiro atoms. The summed E-state index contributed by atoms with van der Waals surface area (Å²) in [6.07, 6.45) is 2.89. The van der Waals surface area contributed by atoms with Crippen LogP contribution >= 0.6 is 23.2 Å². The topological polar surface area (TPSA) is 84.5 Å². The number of halogens is 2. The number of ether oxygens (including phenoxy) is 1. The monoisotopic (exact) mass is 504 g/mol. The number of hydrogen-bond donors (Lipinski definition) is 2. The first-order valence-electron chi connectivity index (χ1n) is 10.4. The van der Waals surface area contributed by atoms with Gasteiger partial charge >= 0.3 is 0 Å². The smallest absolute Gasteiger partial charge is 0.261 e. The lowest BCUT2D eigenvalue weighted by atomic mass is 9.88. The molecule has 0 fully saturated rings. The van der Waals surface area contributed by atoms with E-state index in [1.165, 1.54) is 23.8 Å². The maximum atomic E-state index is 12.6. The number of benzene rings is 3. The lowest BCUT2D eigenvalue weighted by Gasteiger charge is -2.26. The fraction of sp³-hybridized carbons (Fsp3) is 0.208. The molecule has 3 aromatic rings. The van der Waals surface area contributed by atoms with Gasteiger partial charge in [0.05, 0.1) is 16.0 Å². The first-order chi connectivity index (χ1) is 15.8. The van der Waals surface area contributed by atoms with Crippen molar-refractivity contribution in [2.24, 2.45) is 0 Å². The normalized spacial score (nSPS) is 15.4. The van der Waals surface area contributed by atoms with Gasteiger partial charge in [-0.3, -0.25) is 9.52 Å². The molecule has 0 unspecified atom stereocenters. The second-order valence-electron chi connectivity index (χ2n) is 7.70. The van der Waals surface area contributed by atoms with E-state index in [0.29, 0.717) is 10.7 Å². The van der Waals surface area contributed by atoms with E-state index >= 15 is 0 Å². The van der Waals surface area contributed by atoms with Crippen LogP contribution in [0.25, 0.3) is 0 Å². The minimum atomic E-state index is -3.86. The van der Waals surface area contributed by atoms with Crippen LogP contribution in [0.15, 0.2) is 71.6 Å². The molecule has 0 heterocycles. The van der Waals surface area contributed by atoms with E-state index in [1.54, 1.807) is 24.3 Å². The van der Waals surface area contributed by atoms with E-state index in [0.717, 1.165) is 24.8 Å². The van der Waals surface area contributed by atoms with Crippen LogP contribution in [0, 0.1) is 0 Å². The molecular formula is C24H22Cl2N2O4S. The van der Waals surface area contributed by atoms with Crippen molar-refractivity contribution >= 4 is 44.8 Å². The van der Waals surface area contributed by atoms with Crippen molar-refractivity contribution in [1.29, 1.82) is 0 Å². The molecule has 1 amide bonds. The Morgan fingerprint density at radius 1 is 1.03 bits per heavy atom. The summed E-state index contributed by atoms with van der Waals surface area (Å²) in [6, 6.07) is 18.4. The van der Waals surface area contributed by atoms with Crippen LogP contribution in [0.2, 0.25) is 10.0 Å². The number of carbonyl (C=O) groups is 1. The van der Waals surface area contributed by atoms with E-state index in [4.69, 9.17) is 27.9 Å². The molecule has 1 aliphatic rings. The summed E-state index contributed by atoms with van der Waals surface area (Å²) in [7, 11) is -3.86. The second kappa shape index (κ2) is 10.0. The van der Waals surface area contributed by atoms with Gasteiger partial charge in [0.2, 0.25) is 0 Å². The van der Waals surface area contributed by atoms with Gasteiger partial charge in [-0.05, 0) is 72.9 Å². The van der Waals surface area contributed by atoms with Gasteiger partial charge in [-0.2, -0.15) is 0 Å². The molecule has 9 heteroatoms. The predicted octanol–water partition coefficient (Wildman–Crippen LogP) is 5.37. The Bertz CT molecular complexity index is 1260. The molecule has 0 aliphatic heterocycles. The Morgan fingerprint density at radius 2 is 1.79 bits per heavy atom. The number of anilines is 1. The number of aryl methyl sites for hydroxylation is 1. The Kier molecular flexibility index (Phi) is 7.12. The third-order valence-corrected chi connectivity index (χ3v) is 7.30.